The molecule has 25 heavy (non-hydrogen) atoms. The summed E-state index contributed by atoms with van der Waals surface area (Å²) in [6.45, 7) is 3.29. The molecule has 0 radical (unpaired) electrons. The number of nitrogens with one attached hydrogen (secondary N) is 2. The number of thiocarbonyl (C=S) groups is 1. The van der Waals surface area contributed by atoms with Crippen molar-refractivity contribution >= 4 is 34.6 Å². The van der Waals surface area contributed by atoms with Crippen LogP contribution in [0.3, 0.4) is 0 Å². The summed E-state index contributed by atoms with van der Waals surface area (Å²) in [5.41, 5.74) is 3.80. The quantitative estimate of drug-likeness (QED) is 0.818. The van der Waals surface area contributed by atoms with Crippen LogP contribution in [0.4, 0.5) is 15.8 Å². The average Bonchev–Trinajstić information content (AvgIpc) is 3.00. The van der Waals surface area contributed by atoms with Gasteiger partial charge in [-0.15, -0.1) is 0 Å². The first-order valence-electron chi connectivity index (χ1n) is 8.23. The molecule has 1 aliphatic rings. The van der Waals surface area contributed by atoms with Crippen LogP contribution in [0.1, 0.15) is 24.0 Å². The highest BCUT2D eigenvalue weighted by Crippen LogP contribution is 2.27. The van der Waals surface area contributed by atoms with Crippen molar-refractivity contribution in [3.05, 3.63) is 59.4 Å². The highest BCUT2D eigenvalue weighted by Gasteiger charge is 2.22. The summed E-state index contributed by atoms with van der Waals surface area (Å²) in [5, 5.41) is 6.73. The molecule has 130 valence electrons. The van der Waals surface area contributed by atoms with Crippen LogP contribution in [0.25, 0.3) is 0 Å². The van der Waals surface area contributed by atoms with Crippen molar-refractivity contribution in [2.75, 3.05) is 16.8 Å². The number of carbonyl (C=O) groups is 1. The van der Waals surface area contributed by atoms with Crippen molar-refractivity contribution in [3.63, 3.8) is 0 Å². The lowest BCUT2D eigenvalue weighted by Crippen LogP contribution is -2.28. The van der Waals surface area contributed by atoms with E-state index in [-0.39, 0.29) is 11.7 Å². The smallest absolute Gasteiger partial charge is 0.227 e. The number of rotatable bonds is 4. The molecule has 0 aromatic heterocycles. The molecule has 1 saturated heterocycles. The van der Waals surface area contributed by atoms with E-state index in [4.69, 9.17) is 12.2 Å². The Balaban J connectivity index is 1.58. The monoisotopic (exact) mass is 357 g/mol. The van der Waals surface area contributed by atoms with Crippen molar-refractivity contribution in [1.82, 2.24) is 5.32 Å². The average molecular weight is 357 g/mol. The van der Waals surface area contributed by atoms with Gasteiger partial charge in [-0.3, -0.25) is 4.79 Å². The van der Waals surface area contributed by atoms with Crippen molar-refractivity contribution in [1.29, 1.82) is 0 Å². The van der Waals surface area contributed by atoms with E-state index in [1.54, 1.807) is 12.1 Å². The van der Waals surface area contributed by atoms with Crippen LogP contribution in [-0.4, -0.2) is 17.6 Å². The van der Waals surface area contributed by atoms with Gasteiger partial charge in [0.05, 0.1) is 0 Å². The summed E-state index contributed by atoms with van der Waals surface area (Å²) in [6.07, 6.45) is 1.53. The summed E-state index contributed by atoms with van der Waals surface area (Å²) >= 11 is 5.30. The number of benzene rings is 2. The Morgan fingerprint density at radius 1 is 1.24 bits per heavy atom. The first kappa shape index (κ1) is 17.4. The normalized spacial score (nSPS) is 13.8. The van der Waals surface area contributed by atoms with E-state index in [9.17, 15) is 9.18 Å². The number of nitrogens with zero attached hydrogens (tertiary/aromatic N) is 1. The van der Waals surface area contributed by atoms with Gasteiger partial charge in [0.2, 0.25) is 5.91 Å². The van der Waals surface area contributed by atoms with Gasteiger partial charge in [0.15, 0.2) is 5.11 Å². The fourth-order valence-corrected chi connectivity index (χ4v) is 3.09. The van der Waals surface area contributed by atoms with Gasteiger partial charge in [0.25, 0.3) is 0 Å². The zero-order valence-corrected chi connectivity index (χ0v) is 14.8. The van der Waals surface area contributed by atoms with Gasteiger partial charge in [-0.25, -0.2) is 4.39 Å². The standard InChI is InChI=1S/C19H20FN3OS/c1-13-11-16(8-9-17(13)23-10-2-3-18(23)24)22-19(25)21-12-14-4-6-15(20)7-5-14/h4-9,11H,2-3,10,12H2,1H3,(H2,21,22,25). The summed E-state index contributed by atoms with van der Waals surface area (Å²) in [4.78, 5) is 13.7. The third kappa shape index (κ3) is 4.33. The van der Waals surface area contributed by atoms with Crippen LogP contribution in [0.2, 0.25) is 0 Å². The molecule has 1 amide bonds. The Hall–Kier alpha value is -2.47. The van der Waals surface area contributed by atoms with E-state index in [1.807, 2.05) is 30.0 Å². The second kappa shape index (κ2) is 7.61. The molecule has 0 aliphatic carbocycles. The molecule has 0 bridgehead atoms. The first-order chi connectivity index (χ1) is 12.0. The van der Waals surface area contributed by atoms with Crippen molar-refractivity contribution in [3.8, 4) is 0 Å². The summed E-state index contributed by atoms with van der Waals surface area (Å²) < 4.78 is 12.9. The van der Waals surface area contributed by atoms with Gasteiger partial charge in [-0.05, 0) is 67.0 Å². The van der Waals surface area contributed by atoms with Crippen LogP contribution in [0, 0.1) is 12.7 Å². The number of anilines is 2. The minimum absolute atomic E-state index is 0.181. The minimum atomic E-state index is -0.253. The molecule has 0 spiro atoms. The Labute approximate surface area is 152 Å². The van der Waals surface area contributed by atoms with E-state index >= 15 is 0 Å². The molecule has 1 aliphatic heterocycles. The molecule has 0 saturated carbocycles. The maximum atomic E-state index is 12.9. The van der Waals surface area contributed by atoms with Gasteiger partial charge >= 0.3 is 0 Å². The first-order valence-corrected chi connectivity index (χ1v) is 8.64. The Bertz CT molecular complexity index is 792. The molecule has 2 N–H and O–H groups in total. The maximum Gasteiger partial charge on any atom is 0.227 e. The Kier molecular flexibility index (Phi) is 5.28. The lowest BCUT2D eigenvalue weighted by molar-refractivity contribution is -0.117. The van der Waals surface area contributed by atoms with Gasteiger partial charge < -0.3 is 15.5 Å². The van der Waals surface area contributed by atoms with Crippen LogP contribution in [0.5, 0.6) is 0 Å². The predicted molar refractivity (Wildman–Crippen MR) is 102 cm³/mol. The third-order valence-electron chi connectivity index (χ3n) is 4.19. The number of halogens is 1. The number of amides is 1. The molecule has 6 heteroatoms. The van der Waals surface area contributed by atoms with Crippen molar-refractivity contribution < 1.29 is 9.18 Å². The molecule has 1 heterocycles. The van der Waals surface area contributed by atoms with Crippen molar-refractivity contribution in [2.45, 2.75) is 26.3 Å². The summed E-state index contributed by atoms with van der Waals surface area (Å²) in [6, 6.07) is 12.1. The molecule has 0 atom stereocenters. The largest absolute Gasteiger partial charge is 0.358 e. The topological polar surface area (TPSA) is 44.4 Å². The van der Waals surface area contributed by atoms with Gasteiger partial charge in [-0.1, -0.05) is 12.1 Å². The number of carbonyl (C=O) groups excluding carboxylic acids is 1. The van der Waals surface area contributed by atoms with Crippen LogP contribution in [0.15, 0.2) is 42.5 Å². The van der Waals surface area contributed by atoms with E-state index in [1.165, 1.54) is 12.1 Å². The van der Waals surface area contributed by atoms with Crippen LogP contribution < -0.4 is 15.5 Å². The third-order valence-corrected chi connectivity index (χ3v) is 4.43. The predicted octanol–water partition coefficient (Wildman–Crippen LogP) is 3.75. The summed E-state index contributed by atoms with van der Waals surface area (Å²) in [7, 11) is 0. The van der Waals surface area contributed by atoms with Crippen LogP contribution in [-0.2, 0) is 11.3 Å². The lowest BCUT2D eigenvalue weighted by atomic mass is 10.1. The highest BCUT2D eigenvalue weighted by atomic mass is 32.1. The molecular weight excluding hydrogens is 337 g/mol. The molecule has 2 aromatic carbocycles. The molecule has 3 rings (SSSR count). The molecule has 1 fully saturated rings. The fourth-order valence-electron chi connectivity index (χ4n) is 2.90. The van der Waals surface area contributed by atoms with Crippen molar-refractivity contribution in [2.24, 2.45) is 0 Å². The number of hydrogen-bond acceptors (Lipinski definition) is 2. The van der Waals surface area contributed by atoms with E-state index in [0.717, 1.165) is 35.5 Å². The molecule has 0 unspecified atom stereocenters. The zero-order chi connectivity index (χ0) is 17.8. The second-order valence-electron chi connectivity index (χ2n) is 6.08. The van der Waals surface area contributed by atoms with E-state index in [0.29, 0.717) is 18.1 Å². The molecule has 2 aromatic rings. The fraction of sp³-hybridized carbons (Fsp3) is 0.263. The number of aryl methyl sites for hydroxylation is 1. The Morgan fingerprint density at radius 2 is 2.00 bits per heavy atom. The SMILES string of the molecule is Cc1cc(NC(=S)NCc2ccc(F)cc2)ccc1N1CCCC1=O. The zero-order valence-electron chi connectivity index (χ0n) is 14.0. The number of hydrogen-bond donors (Lipinski definition) is 2. The lowest BCUT2D eigenvalue weighted by Gasteiger charge is -2.19. The van der Waals surface area contributed by atoms with E-state index in [2.05, 4.69) is 10.6 Å². The molecule has 4 nitrogen and oxygen atoms in total. The maximum absolute atomic E-state index is 12.9. The minimum Gasteiger partial charge on any atom is -0.358 e. The summed E-state index contributed by atoms with van der Waals surface area (Å²) in [5.74, 6) is -0.0724. The molecular formula is C19H20FN3OS. The van der Waals surface area contributed by atoms with Gasteiger partial charge in [0.1, 0.15) is 5.82 Å². The van der Waals surface area contributed by atoms with Gasteiger partial charge in [-0.2, -0.15) is 0 Å². The van der Waals surface area contributed by atoms with Gasteiger partial charge in [0, 0.05) is 30.9 Å². The van der Waals surface area contributed by atoms with Crippen LogP contribution >= 0.6 is 12.2 Å². The second-order valence-corrected chi connectivity index (χ2v) is 6.49. The highest BCUT2D eigenvalue weighted by molar-refractivity contribution is 7.80. The van der Waals surface area contributed by atoms with E-state index < -0.39 is 0 Å². The Morgan fingerprint density at radius 3 is 2.64 bits per heavy atom.